The minimum absolute atomic E-state index is 0.141. The molecule has 4 aromatic rings. The van der Waals surface area contributed by atoms with E-state index >= 15 is 0 Å². The van der Waals surface area contributed by atoms with Gasteiger partial charge in [0.25, 0.3) is 0 Å². The van der Waals surface area contributed by atoms with Crippen LogP contribution in [0.5, 0.6) is 0 Å². The van der Waals surface area contributed by atoms with Crippen LogP contribution in [0.4, 0.5) is 5.95 Å². The number of aromatic amines is 1. The third kappa shape index (κ3) is 3.91. The number of anilines is 1. The molecule has 0 amide bonds. The lowest BCUT2D eigenvalue weighted by Crippen LogP contribution is -2.08. The number of pyridine rings is 1. The molecule has 0 bridgehead atoms. The molecule has 1 unspecified atom stereocenters. The lowest BCUT2D eigenvalue weighted by atomic mass is 10.0. The summed E-state index contributed by atoms with van der Waals surface area (Å²) < 4.78 is 1.92. The van der Waals surface area contributed by atoms with Crippen molar-refractivity contribution in [1.82, 2.24) is 29.7 Å². The van der Waals surface area contributed by atoms with E-state index in [9.17, 15) is 5.11 Å². The van der Waals surface area contributed by atoms with Crippen molar-refractivity contribution in [3.05, 3.63) is 42.6 Å². The Morgan fingerprint density at radius 2 is 1.90 bits per heavy atom. The predicted molar refractivity (Wildman–Crippen MR) is 118 cm³/mol. The van der Waals surface area contributed by atoms with Crippen LogP contribution in [0.1, 0.15) is 52.0 Å². The molecule has 4 N–H and O–H groups in total. The van der Waals surface area contributed by atoms with Gasteiger partial charge in [0.05, 0.1) is 23.7 Å². The fourth-order valence-corrected chi connectivity index (χ4v) is 3.50. The third-order valence-electron chi connectivity index (χ3n) is 5.07. The SMILES string of the molecule is CC(C)CC(O)c1cc(-c2c[nH]c3ncc(-c4cnn(C(C)C)c4)cc23)nc(N)n1. The van der Waals surface area contributed by atoms with Gasteiger partial charge in [0.1, 0.15) is 5.65 Å². The second-order valence-corrected chi connectivity index (χ2v) is 8.31. The highest BCUT2D eigenvalue weighted by Gasteiger charge is 2.17. The number of hydrogen-bond acceptors (Lipinski definition) is 6. The molecule has 0 aliphatic carbocycles. The van der Waals surface area contributed by atoms with Gasteiger partial charge in [-0.1, -0.05) is 13.8 Å². The molecule has 0 aromatic carbocycles. The maximum absolute atomic E-state index is 10.5. The van der Waals surface area contributed by atoms with Gasteiger partial charge in [0.15, 0.2) is 0 Å². The Morgan fingerprint density at radius 3 is 2.60 bits per heavy atom. The van der Waals surface area contributed by atoms with Crippen LogP contribution in [-0.2, 0) is 0 Å². The molecule has 156 valence electrons. The number of H-pyrrole nitrogens is 1. The number of hydrogen-bond donors (Lipinski definition) is 3. The molecule has 1 atom stereocenters. The van der Waals surface area contributed by atoms with E-state index in [4.69, 9.17) is 5.73 Å². The molecule has 4 aromatic heterocycles. The molecule has 0 fully saturated rings. The fourth-order valence-electron chi connectivity index (χ4n) is 3.50. The molecule has 0 spiro atoms. The fraction of sp³-hybridized carbons (Fsp3) is 0.364. The summed E-state index contributed by atoms with van der Waals surface area (Å²) in [4.78, 5) is 16.4. The first kappa shape index (κ1) is 20.0. The standard InChI is InChI=1S/C22H27N7O/c1-12(2)5-20(30)19-7-18(27-22(23)28-19)17-10-25-21-16(17)6-14(8-24-21)15-9-26-29(11-15)13(3)4/h6-13,20,30H,5H2,1-4H3,(H,24,25)(H2,23,27,28). The number of aliphatic hydroxyl groups is 1. The Labute approximate surface area is 175 Å². The Hall–Kier alpha value is -3.26. The number of nitrogen functional groups attached to an aromatic ring is 1. The van der Waals surface area contributed by atoms with Crippen molar-refractivity contribution in [3.63, 3.8) is 0 Å². The van der Waals surface area contributed by atoms with Gasteiger partial charge in [-0.15, -0.1) is 0 Å². The average Bonchev–Trinajstić information content (AvgIpc) is 3.34. The highest BCUT2D eigenvalue weighted by atomic mass is 16.3. The van der Waals surface area contributed by atoms with E-state index in [1.165, 1.54) is 0 Å². The number of nitrogens with zero attached hydrogens (tertiary/aromatic N) is 5. The zero-order valence-corrected chi connectivity index (χ0v) is 17.7. The summed E-state index contributed by atoms with van der Waals surface area (Å²) in [6, 6.07) is 4.16. The first-order valence-corrected chi connectivity index (χ1v) is 10.2. The zero-order chi connectivity index (χ0) is 21.4. The first-order valence-electron chi connectivity index (χ1n) is 10.2. The van der Waals surface area contributed by atoms with Gasteiger partial charge >= 0.3 is 0 Å². The molecule has 4 heterocycles. The van der Waals surface area contributed by atoms with Gasteiger partial charge in [-0.05, 0) is 38.3 Å². The van der Waals surface area contributed by atoms with Gasteiger partial charge in [-0.2, -0.15) is 5.10 Å². The van der Waals surface area contributed by atoms with Crippen molar-refractivity contribution in [2.24, 2.45) is 5.92 Å². The molecule has 0 saturated heterocycles. The monoisotopic (exact) mass is 405 g/mol. The van der Waals surface area contributed by atoms with Crippen LogP contribution >= 0.6 is 0 Å². The molecule has 4 rings (SSSR count). The second kappa shape index (κ2) is 7.87. The van der Waals surface area contributed by atoms with Crippen LogP contribution in [0.15, 0.2) is 36.9 Å². The Bertz CT molecular complexity index is 1180. The van der Waals surface area contributed by atoms with E-state index in [-0.39, 0.29) is 12.0 Å². The van der Waals surface area contributed by atoms with Gasteiger partial charge < -0.3 is 15.8 Å². The second-order valence-electron chi connectivity index (χ2n) is 8.31. The van der Waals surface area contributed by atoms with Crippen LogP contribution in [-0.4, -0.2) is 34.8 Å². The summed E-state index contributed by atoms with van der Waals surface area (Å²) in [5, 5.41) is 15.9. The minimum atomic E-state index is -0.685. The highest BCUT2D eigenvalue weighted by Crippen LogP contribution is 2.32. The Morgan fingerprint density at radius 1 is 1.10 bits per heavy atom. The largest absolute Gasteiger partial charge is 0.387 e. The van der Waals surface area contributed by atoms with Crippen LogP contribution in [0.2, 0.25) is 0 Å². The number of nitrogens with one attached hydrogen (secondary N) is 1. The third-order valence-corrected chi connectivity index (χ3v) is 5.07. The maximum atomic E-state index is 10.5. The maximum Gasteiger partial charge on any atom is 0.220 e. The van der Waals surface area contributed by atoms with Crippen molar-refractivity contribution in [2.45, 2.75) is 46.3 Å². The predicted octanol–water partition coefficient (Wildman–Crippen LogP) is 4.13. The normalized spacial score (nSPS) is 12.9. The quantitative estimate of drug-likeness (QED) is 0.444. The van der Waals surface area contributed by atoms with Gasteiger partial charge in [-0.3, -0.25) is 4.68 Å². The van der Waals surface area contributed by atoms with Crippen LogP contribution < -0.4 is 5.73 Å². The first-order chi connectivity index (χ1) is 14.3. The zero-order valence-electron chi connectivity index (χ0n) is 17.7. The molecule has 0 radical (unpaired) electrons. The molecule has 0 saturated carbocycles. The highest BCUT2D eigenvalue weighted by molar-refractivity contribution is 5.95. The summed E-state index contributed by atoms with van der Waals surface area (Å²) >= 11 is 0. The van der Waals surface area contributed by atoms with Crippen LogP contribution in [0.3, 0.4) is 0 Å². The summed E-state index contributed by atoms with van der Waals surface area (Å²) in [6.07, 6.45) is 7.47. The minimum Gasteiger partial charge on any atom is -0.387 e. The smallest absolute Gasteiger partial charge is 0.220 e. The Balaban J connectivity index is 1.77. The molecule has 8 nitrogen and oxygen atoms in total. The van der Waals surface area contributed by atoms with Crippen LogP contribution in [0, 0.1) is 5.92 Å². The van der Waals surface area contributed by atoms with E-state index in [0.29, 0.717) is 23.7 Å². The van der Waals surface area contributed by atoms with Gasteiger partial charge in [-0.25, -0.2) is 15.0 Å². The number of fused-ring (bicyclic) bond motifs is 1. The van der Waals surface area contributed by atoms with E-state index in [2.05, 4.69) is 58.8 Å². The summed E-state index contributed by atoms with van der Waals surface area (Å²) in [6.45, 7) is 8.30. The van der Waals surface area contributed by atoms with Crippen LogP contribution in [0.25, 0.3) is 33.4 Å². The molecule has 8 heteroatoms. The molecule has 30 heavy (non-hydrogen) atoms. The summed E-state index contributed by atoms with van der Waals surface area (Å²) in [5.41, 5.74) is 10.7. The van der Waals surface area contributed by atoms with Gasteiger partial charge in [0.2, 0.25) is 5.95 Å². The van der Waals surface area contributed by atoms with Crippen molar-refractivity contribution in [2.75, 3.05) is 5.73 Å². The van der Waals surface area contributed by atoms with E-state index in [0.717, 1.165) is 27.7 Å². The molecule has 0 aliphatic rings. The summed E-state index contributed by atoms with van der Waals surface area (Å²) in [7, 11) is 0. The Kier molecular flexibility index (Phi) is 5.26. The van der Waals surface area contributed by atoms with Crippen molar-refractivity contribution in [3.8, 4) is 22.4 Å². The van der Waals surface area contributed by atoms with E-state index in [1.807, 2.05) is 29.5 Å². The molecular weight excluding hydrogens is 378 g/mol. The van der Waals surface area contributed by atoms with Crippen molar-refractivity contribution < 1.29 is 5.11 Å². The number of aromatic nitrogens is 6. The number of rotatable bonds is 6. The van der Waals surface area contributed by atoms with E-state index in [1.54, 1.807) is 6.07 Å². The van der Waals surface area contributed by atoms with Crippen molar-refractivity contribution >= 4 is 17.0 Å². The molecular formula is C22H27N7O. The van der Waals surface area contributed by atoms with Crippen molar-refractivity contribution in [1.29, 1.82) is 0 Å². The summed E-state index contributed by atoms with van der Waals surface area (Å²) in [5.74, 6) is 0.480. The number of nitrogens with two attached hydrogens (primary N) is 1. The van der Waals surface area contributed by atoms with Gasteiger partial charge in [0, 0.05) is 46.7 Å². The topological polar surface area (TPSA) is 119 Å². The lowest BCUT2D eigenvalue weighted by Gasteiger charge is -2.13. The van der Waals surface area contributed by atoms with E-state index < -0.39 is 6.10 Å². The molecule has 0 aliphatic heterocycles. The lowest BCUT2D eigenvalue weighted by molar-refractivity contribution is 0.146. The number of aliphatic hydroxyl groups excluding tert-OH is 1. The average molecular weight is 406 g/mol.